The van der Waals surface area contributed by atoms with Gasteiger partial charge >= 0.3 is 0 Å². The maximum Gasteiger partial charge on any atom is 0.262 e. The fraction of sp³-hybridized carbons (Fsp3) is 0.458. The van der Waals surface area contributed by atoms with Crippen molar-refractivity contribution in [3.05, 3.63) is 62.5 Å². The van der Waals surface area contributed by atoms with E-state index in [0.29, 0.717) is 27.6 Å². The predicted octanol–water partition coefficient (Wildman–Crippen LogP) is 3.60. The number of hydrogen-bond acceptors (Lipinski definition) is 5. The van der Waals surface area contributed by atoms with E-state index >= 15 is 0 Å². The lowest BCUT2D eigenvalue weighted by atomic mass is 10.1. The quantitative estimate of drug-likeness (QED) is 0.661. The van der Waals surface area contributed by atoms with Gasteiger partial charge in [0.1, 0.15) is 10.7 Å². The van der Waals surface area contributed by atoms with Crippen LogP contribution in [-0.4, -0.2) is 39.5 Å². The minimum atomic E-state index is -0.115. The normalized spacial score (nSPS) is 15.6. The van der Waals surface area contributed by atoms with E-state index in [2.05, 4.69) is 48.3 Å². The smallest absolute Gasteiger partial charge is 0.262 e. The summed E-state index contributed by atoms with van der Waals surface area (Å²) in [7, 11) is 0. The number of carbonyl (C=O) groups excluding carboxylic acids is 1. The van der Waals surface area contributed by atoms with E-state index < -0.39 is 0 Å². The summed E-state index contributed by atoms with van der Waals surface area (Å²) in [4.78, 5) is 34.6. The SMILES string of the molecule is Cc1c(C(=O)N[C@@H](C)C(C)C)sc2nc3n(c(=O)c12)CCN(Cc1ccccc1)CC3. The first-order valence-corrected chi connectivity index (χ1v) is 11.8. The van der Waals surface area contributed by atoms with Crippen LogP contribution >= 0.6 is 11.3 Å². The number of nitrogens with zero attached hydrogens (tertiary/aromatic N) is 3. The Kier molecular flexibility index (Phi) is 6.25. The second-order valence-electron chi connectivity index (χ2n) is 8.74. The van der Waals surface area contributed by atoms with Gasteiger partial charge in [-0.3, -0.25) is 19.1 Å². The van der Waals surface area contributed by atoms with Crippen LogP contribution in [0.15, 0.2) is 35.1 Å². The van der Waals surface area contributed by atoms with Crippen LogP contribution in [0.4, 0.5) is 0 Å². The zero-order chi connectivity index (χ0) is 22.1. The molecule has 2 aromatic heterocycles. The minimum absolute atomic E-state index is 0.0220. The summed E-state index contributed by atoms with van der Waals surface area (Å²) in [5.41, 5.74) is 2.00. The number of thiophene rings is 1. The van der Waals surface area contributed by atoms with E-state index in [0.717, 1.165) is 37.4 Å². The molecule has 7 heteroatoms. The Morgan fingerprint density at radius 2 is 1.90 bits per heavy atom. The van der Waals surface area contributed by atoms with Crippen molar-refractivity contribution in [2.24, 2.45) is 5.92 Å². The van der Waals surface area contributed by atoms with Gasteiger partial charge in [-0.05, 0) is 30.9 Å². The number of hydrogen-bond donors (Lipinski definition) is 1. The molecule has 1 aliphatic rings. The van der Waals surface area contributed by atoms with Gasteiger partial charge in [-0.25, -0.2) is 4.98 Å². The van der Waals surface area contributed by atoms with Crippen LogP contribution in [0, 0.1) is 12.8 Å². The number of benzene rings is 1. The number of nitrogens with one attached hydrogen (secondary N) is 1. The highest BCUT2D eigenvalue weighted by Gasteiger charge is 2.24. The van der Waals surface area contributed by atoms with Crippen LogP contribution in [-0.2, 0) is 19.5 Å². The maximum absolute atomic E-state index is 13.4. The average molecular weight is 439 g/mol. The van der Waals surface area contributed by atoms with E-state index in [1.807, 2.05) is 24.5 Å². The molecule has 1 aromatic carbocycles. The number of amides is 1. The van der Waals surface area contributed by atoms with Crippen LogP contribution in [0.3, 0.4) is 0 Å². The van der Waals surface area contributed by atoms with Gasteiger partial charge in [0.2, 0.25) is 0 Å². The maximum atomic E-state index is 13.4. The Balaban J connectivity index is 1.60. The van der Waals surface area contributed by atoms with Crippen molar-refractivity contribution < 1.29 is 4.79 Å². The molecule has 0 unspecified atom stereocenters. The molecule has 4 rings (SSSR count). The highest BCUT2D eigenvalue weighted by atomic mass is 32.1. The van der Waals surface area contributed by atoms with Crippen LogP contribution in [0.2, 0.25) is 0 Å². The zero-order valence-electron chi connectivity index (χ0n) is 18.6. The Bertz CT molecular complexity index is 1150. The van der Waals surface area contributed by atoms with Crippen molar-refractivity contribution >= 4 is 27.5 Å². The number of aromatic nitrogens is 2. The van der Waals surface area contributed by atoms with E-state index in [1.165, 1.54) is 16.9 Å². The molecule has 1 amide bonds. The summed E-state index contributed by atoms with van der Waals surface area (Å²) in [5, 5.41) is 3.64. The lowest BCUT2D eigenvalue weighted by Gasteiger charge is -2.19. The van der Waals surface area contributed by atoms with Gasteiger partial charge in [-0.2, -0.15) is 0 Å². The summed E-state index contributed by atoms with van der Waals surface area (Å²) in [6.45, 7) is 11.2. The molecule has 31 heavy (non-hydrogen) atoms. The van der Waals surface area contributed by atoms with Crippen molar-refractivity contribution in [2.45, 2.75) is 53.2 Å². The standard InChI is InChI=1S/C24H30N4O2S/c1-15(2)17(4)25-22(29)21-16(3)20-23(31-21)26-19-10-11-27(12-13-28(19)24(20)30)14-18-8-6-5-7-9-18/h5-9,15,17H,10-14H2,1-4H3,(H,25,29)/t17-/m0/s1. The molecule has 0 spiro atoms. The van der Waals surface area contributed by atoms with Crippen molar-refractivity contribution in [3.8, 4) is 0 Å². The average Bonchev–Trinajstić information content (AvgIpc) is 2.94. The van der Waals surface area contributed by atoms with Crippen LogP contribution in [0.5, 0.6) is 0 Å². The Morgan fingerprint density at radius 1 is 1.16 bits per heavy atom. The van der Waals surface area contributed by atoms with Crippen molar-refractivity contribution in [3.63, 3.8) is 0 Å². The van der Waals surface area contributed by atoms with Crippen molar-refractivity contribution in [1.82, 2.24) is 19.8 Å². The molecule has 0 saturated carbocycles. The molecule has 0 saturated heterocycles. The van der Waals surface area contributed by atoms with Crippen molar-refractivity contribution in [1.29, 1.82) is 0 Å². The highest BCUT2D eigenvalue weighted by Crippen LogP contribution is 2.28. The van der Waals surface area contributed by atoms with E-state index in [4.69, 9.17) is 4.98 Å². The van der Waals surface area contributed by atoms with E-state index in [1.54, 1.807) is 0 Å². The van der Waals surface area contributed by atoms with Gasteiger partial charge < -0.3 is 5.32 Å². The Labute approximate surface area is 186 Å². The van der Waals surface area contributed by atoms with Crippen LogP contribution in [0.25, 0.3) is 10.2 Å². The molecule has 0 aliphatic carbocycles. The molecule has 1 atom stereocenters. The van der Waals surface area contributed by atoms with Crippen molar-refractivity contribution in [2.75, 3.05) is 13.1 Å². The first-order valence-electron chi connectivity index (χ1n) is 10.9. The first-order chi connectivity index (χ1) is 14.8. The molecule has 1 N–H and O–H groups in total. The fourth-order valence-electron chi connectivity index (χ4n) is 3.95. The fourth-order valence-corrected chi connectivity index (χ4v) is 5.04. The molecule has 0 bridgehead atoms. The highest BCUT2D eigenvalue weighted by molar-refractivity contribution is 7.20. The van der Waals surface area contributed by atoms with Gasteiger partial charge in [-0.1, -0.05) is 44.2 Å². The van der Waals surface area contributed by atoms with Gasteiger partial charge in [0, 0.05) is 38.6 Å². The molecular weight excluding hydrogens is 408 g/mol. The Hall–Kier alpha value is -2.51. The van der Waals surface area contributed by atoms with Gasteiger partial charge in [0.05, 0.1) is 10.3 Å². The van der Waals surface area contributed by atoms with Gasteiger partial charge in [-0.15, -0.1) is 11.3 Å². The molecule has 164 valence electrons. The molecule has 0 radical (unpaired) electrons. The monoisotopic (exact) mass is 438 g/mol. The number of aryl methyl sites for hydroxylation is 1. The van der Waals surface area contributed by atoms with Gasteiger partial charge in [0.25, 0.3) is 11.5 Å². The lowest BCUT2D eigenvalue weighted by molar-refractivity contribution is 0.0934. The number of fused-ring (bicyclic) bond motifs is 2. The summed E-state index contributed by atoms with van der Waals surface area (Å²) in [6, 6.07) is 10.5. The third-order valence-electron chi connectivity index (χ3n) is 6.23. The molecule has 0 fully saturated rings. The molecule has 6 nitrogen and oxygen atoms in total. The lowest BCUT2D eigenvalue weighted by Crippen LogP contribution is -2.36. The second-order valence-corrected chi connectivity index (χ2v) is 9.74. The minimum Gasteiger partial charge on any atom is -0.349 e. The summed E-state index contributed by atoms with van der Waals surface area (Å²) < 4.78 is 1.81. The number of carbonyl (C=O) groups is 1. The third-order valence-corrected chi connectivity index (χ3v) is 7.42. The first kappa shape index (κ1) is 21.7. The van der Waals surface area contributed by atoms with E-state index in [-0.39, 0.29) is 17.5 Å². The zero-order valence-corrected chi connectivity index (χ0v) is 19.5. The van der Waals surface area contributed by atoms with E-state index in [9.17, 15) is 9.59 Å². The summed E-state index contributed by atoms with van der Waals surface area (Å²) >= 11 is 1.33. The topological polar surface area (TPSA) is 67.2 Å². The summed E-state index contributed by atoms with van der Waals surface area (Å²) in [5.74, 6) is 1.05. The van der Waals surface area contributed by atoms with Crippen LogP contribution < -0.4 is 10.9 Å². The van der Waals surface area contributed by atoms with Gasteiger partial charge in [0.15, 0.2) is 0 Å². The third kappa shape index (κ3) is 4.43. The van der Waals surface area contributed by atoms with Crippen LogP contribution in [0.1, 0.15) is 47.4 Å². The molecule has 3 heterocycles. The number of rotatable bonds is 5. The predicted molar refractivity (Wildman–Crippen MR) is 126 cm³/mol. The summed E-state index contributed by atoms with van der Waals surface area (Å²) in [6.07, 6.45) is 0.723. The molecule has 1 aliphatic heterocycles. The largest absolute Gasteiger partial charge is 0.349 e. The molecular formula is C24H30N4O2S. The Morgan fingerprint density at radius 3 is 2.61 bits per heavy atom. The molecule has 3 aromatic rings. The second kappa shape index (κ2) is 8.93.